The van der Waals surface area contributed by atoms with Gasteiger partial charge in [-0.2, -0.15) is 0 Å². The third-order valence-electron chi connectivity index (χ3n) is 1.55. The van der Waals surface area contributed by atoms with Crippen molar-refractivity contribution in [2.75, 3.05) is 11.5 Å². The number of sulfone groups is 1. The van der Waals surface area contributed by atoms with Crippen LogP contribution in [0.4, 0.5) is 0 Å². The minimum Gasteiger partial charge on any atom is -0.288 e. The number of hydrogen-bond acceptors (Lipinski definition) is 4. The van der Waals surface area contributed by atoms with Crippen molar-refractivity contribution < 1.29 is 13.2 Å². The van der Waals surface area contributed by atoms with Crippen LogP contribution in [0.1, 0.15) is 6.92 Å². The Morgan fingerprint density at radius 2 is 2.08 bits per heavy atom. The Morgan fingerprint density at radius 3 is 2.42 bits per heavy atom. The Hall–Kier alpha value is 0.260. The molecule has 0 aliphatic carbocycles. The summed E-state index contributed by atoms with van der Waals surface area (Å²) in [6, 6.07) is 0. The van der Waals surface area contributed by atoms with Gasteiger partial charge < -0.3 is 0 Å². The molecular weight excluding hydrogens is 220 g/mol. The molecule has 1 saturated heterocycles. The van der Waals surface area contributed by atoms with Crippen LogP contribution in [0.25, 0.3) is 0 Å². The Labute approximate surface area is 80.8 Å². The first-order valence-corrected chi connectivity index (χ1v) is 6.56. The largest absolute Gasteiger partial charge is 0.288 e. The van der Waals surface area contributed by atoms with Gasteiger partial charge in [-0.1, -0.05) is 11.8 Å². The van der Waals surface area contributed by atoms with Gasteiger partial charge in [0, 0.05) is 12.2 Å². The maximum absolute atomic E-state index is 11.0. The fourth-order valence-corrected chi connectivity index (χ4v) is 5.29. The Balaban J connectivity index is 2.64. The van der Waals surface area contributed by atoms with Gasteiger partial charge in [-0.05, 0) is 0 Å². The van der Waals surface area contributed by atoms with Crippen molar-refractivity contribution in [3.8, 4) is 0 Å². The monoisotopic (exact) mass is 228 g/mol. The summed E-state index contributed by atoms with van der Waals surface area (Å²) in [5.74, 6) is 0.0327. The van der Waals surface area contributed by atoms with Crippen molar-refractivity contribution in [1.29, 1.82) is 0 Å². The maximum atomic E-state index is 11.0. The normalized spacial score (nSPS) is 33.5. The zero-order chi connectivity index (χ0) is 9.35. The van der Waals surface area contributed by atoms with Crippen molar-refractivity contribution in [2.24, 2.45) is 0 Å². The van der Waals surface area contributed by atoms with Crippen LogP contribution in [-0.4, -0.2) is 35.7 Å². The summed E-state index contributed by atoms with van der Waals surface area (Å²) >= 11 is 6.78. The number of carbonyl (C=O) groups excluding carboxylic acids is 1. The summed E-state index contributed by atoms with van der Waals surface area (Å²) in [6.45, 7) is 1.42. The van der Waals surface area contributed by atoms with Crippen LogP contribution in [0.15, 0.2) is 0 Å². The van der Waals surface area contributed by atoms with Crippen LogP contribution in [0.5, 0.6) is 0 Å². The van der Waals surface area contributed by atoms with Crippen molar-refractivity contribution in [3.63, 3.8) is 0 Å². The third kappa shape index (κ3) is 2.64. The molecule has 0 radical (unpaired) electrons. The van der Waals surface area contributed by atoms with E-state index in [1.54, 1.807) is 0 Å². The fraction of sp³-hybridized carbons (Fsp3) is 0.833. The first kappa shape index (κ1) is 10.3. The quantitative estimate of drug-likeness (QED) is 0.619. The minimum absolute atomic E-state index is 0.000494. The van der Waals surface area contributed by atoms with Gasteiger partial charge >= 0.3 is 0 Å². The average Bonchev–Trinajstić information content (AvgIpc) is 2.03. The molecule has 1 fully saturated rings. The molecule has 0 aromatic carbocycles. The predicted molar refractivity (Wildman–Crippen MR) is 50.4 cm³/mol. The summed E-state index contributed by atoms with van der Waals surface area (Å²) in [6.07, 6.45) is 0. The molecule has 1 rings (SSSR count). The van der Waals surface area contributed by atoms with E-state index >= 15 is 0 Å². The van der Waals surface area contributed by atoms with E-state index in [9.17, 15) is 13.2 Å². The third-order valence-corrected chi connectivity index (χ3v) is 5.42. The topological polar surface area (TPSA) is 51.2 Å². The Kier molecular flexibility index (Phi) is 3.06. The van der Waals surface area contributed by atoms with E-state index in [-0.39, 0.29) is 21.9 Å². The summed E-state index contributed by atoms with van der Waals surface area (Å²) < 4.78 is 22.0. The summed E-state index contributed by atoms with van der Waals surface area (Å²) in [5.41, 5.74) is 0. The SMILES string of the molecule is CC(=O)S[C@@H]1CS(=O)(=O)C[C@H]1Cl. The Morgan fingerprint density at radius 1 is 1.50 bits per heavy atom. The van der Waals surface area contributed by atoms with E-state index in [4.69, 9.17) is 11.6 Å². The van der Waals surface area contributed by atoms with Gasteiger partial charge in [-0.3, -0.25) is 4.79 Å². The van der Waals surface area contributed by atoms with Gasteiger partial charge in [0.2, 0.25) is 0 Å². The van der Waals surface area contributed by atoms with Crippen LogP contribution in [0, 0.1) is 0 Å². The van der Waals surface area contributed by atoms with Crippen LogP contribution in [0.2, 0.25) is 0 Å². The number of halogens is 1. The average molecular weight is 229 g/mol. The first-order valence-electron chi connectivity index (χ1n) is 3.42. The molecule has 0 aromatic rings. The molecule has 0 N–H and O–H groups in total. The number of carbonyl (C=O) groups is 1. The molecule has 1 aliphatic rings. The molecule has 0 aromatic heterocycles. The van der Waals surface area contributed by atoms with Crippen LogP contribution in [-0.2, 0) is 14.6 Å². The predicted octanol–water partition coefficient (Wildman–Crippen LogP) is 0.671. The Bertz CT molecular complexity index is 285. The number of hydrogen-bond donors (Lipinski definition) is 0. The second-order valence-electron chi connectivity index (χ2n) is 2.74. The second kappa shape index (κ2) is 3.55. The van der Waals surface area contributed by atoms with E-state index < -0.39 is 15.2 Å². The number of thioether (sulfide) groups is 1. The minimum atomic E-state index is -3.00. The lowest BCUT2D eigenvalue weighted by Crippen LogP contribution is -2.15. The van der Waals surface area contributed by atoms with E-state index in [1.807, 2.05) is 0 Å². The molecule has 0 bridgehead atoms. The zero-order valence-corrected chi connectivity index (χ0v) is 8.88. The van der Waals surface area contributed by atoms with Gasteiger partial charge in [-0.25, -0.2) is 8.42 Å². The molecule has 0 unspecified atom stereocenters. The molecular formula is C6H9ClO3S2. The summed E-state index contributed by atoms with van der Waals surface area (Å²) in [7, 11) is -3.00. The van der Waals surface area contributed by atoms with E-state index in [0.717, 1.165) is 11.8 Å². The summed E-state index contributed by atoms with van der Waals surface area (Å²) in [5, 5.41) is -0.749. The number of alkyl halides is 1. The second-order valence-corrected chi connectivity index (χ2v) is 6.87. The highest BCUT2D eigenvalue weighted by molar-refractivity contribution is 8.14. The molecule has 1 aliphatic heterocycles. The maximum Gasteiger partial charge on any atom is 0.186 e. The lowest BCUT2D eigenvalue weighted by atomic mass is 10.4. The summed E-state index contributed by atoms with van der Waals surface area (Å²) in [4.78, 5) is 10.7. The van der Waals surface area contributed by atoms with E-state index in [1.165, 1.54) is 6.92 Å². The molecule has 3 nitrogen and oxygen atoms in total. The van der Waals surface area contributed by atoms with Crippen molar-refractivity contribution in [3.05, 3.63) is 0 Å². The van der Waals surface area contributed by atoms with Gasteiger partial charge in [0.25, 0.3) is 0 Å². The molecule has 1 heterocycles. The van der Waals surface area contributed by atoms with Crippen molar-refractivity contribution >= 4 is 38.3 Å². The number of rotatable bonds is 1. The highest BCUT2D eigenvalue weighted by Gasteiger charge is 2.37. The van der Waals surface area contributed by atoms with Crippen molar-refractivity contribution in [1.82, 2.24) is 0 Å². The smallest absolute Gasteiger partial charge is 0.186 e. The first-order chi connectivity index (χ1) is 5.41. The molecule has 70 valence electrons. The molecule has 0 spiro atoms. The standard InChI is InChI=1S/C6H9ClO3S2/c1-4(8)11-6-3-12(9,10)2-5(6)7/h5-6H,2-3H2,1H3/t5-,6-/m1/s1. The zero-order valence-electron chi connectivity index (χ0n) is 6.49. The van der Waals surface area contributed by atoms with Crippen LogP contribution < -0.4 is 0 Å². The molecule has 0 saturated carbocycles. The van der Waals surface area contributed by atoms with Crippen LogP contribution in [0.3, 0.4) is 0 Å². The van der Waals surface area contributed by atoms with Gasteiger partial charge in [0.05, 0.1) is 16.9 Å². The molecule has 6 heteroatoms. The van der Waals surface area contributed by atoms with Gasteiger partial charge in [-0.15, -0.1) is 11.6 Å². The van der Waals surface area contributed by atoms with Gasteiger partial charge in [0.15, 0.2) is 15.0 Å². The highest BCUT2D eigenvalue weighted by atomic mass is 35.5. The highest BCUT2D eigenvalue weighted by Crippen LogP contribution is 2.28. The van der Waals surface area contributed by atoms with Crippen molar-refractivity contribution in [2.45, 2.75) is 17.6 Å². The molecule has 0 amide bonds. The van der Waals surface area contributed by atoms with E-state index in [2.05, 4.69) is 0 Å². The van der Waals surface area contributed by atoms with Crippen LogP contribution >= 0.6 is 23.4 Å². The van der Waals surface area contributed by atoms with Gasteiger partial charge in [0.1, 0.15) is 0 Å². The fourth-order valence-electron chi connectivity index (χ4n) is 1.09. The van der Waals surface area contributed by atoms with E-state index in [0.29, 0.717) is 0 Å². The lowest BCUT2D eigenvalue weighted by Gasteiger charge is -2.07. The molecule has 12 heavy (non-hydrogen) atoms. The molecule has 2 atom stereocenters. The lowest BCUT2D eigenvalue weighted by molar-refractivity contribution is -0.109.